The molecule has 0 N–H and O–H groups in total. The number of anilines is 1. The maximum atomic E-state index is 12.1. The van der Waals surface area contributed by atoms with Crippen LogP contribution >= 0.6 is 0 Å². The molecule has 0 atom stereocenters. The molecule has 4 heteroatoms. The zero-order valence-corrected chi connectivity index (χ0v) is 10.2. The molecule has 3 rings (SSSR count). The average molecular weight is 252 g/mol. The number of carbonyl (C=O) groups excluding carboxylic acids is 1. The van der Waals surface area contributed by atoms with E-state index in [0.29, 0.717) is 5.56 Å². The van der Waals surface area contributed by atoms with Crippen molar-refractivity contribution in [3.05, 3.63) is 66.2 Å². The van der Waals surface area contributed by atoms with Gasteiger partial charge in [-0.25, -0.2) is 5.01 Å². The van der Waals surface area contributed by atoms with Crippen LogP contribution in [-0.4, -0.2) is 18.4 Å². The van der Waals surface area contributed by atoms with Gasteiger partial charge < -0.3 is 4.74 Å². The highest BCUT2D eigenvalue weighted by atomic mass is 16.5. The summed E-state index contributed by atoms with van der Waals surface area (Å²) in [5, 5.41) is 5.88. The van der Waals surface area contributed by atoms with Gasteiger partial charge in [-0.2, -0.15) is 0 Å². The summed E-state index contributed by atoms with van der Waals surface area (Å²) in [6.45, 7) is 0.262. The summed E-state index contributed by atoms with van der Waals surface area (Å²) >= 11 is 0. The molecule has 0 unspecified atom stereocenters. The van der Waals surface area contributed by atoms with Crippen LogP contribution < -0.4 is 5.01 Å². The van der Waals surface area contributed by atoms with Crippen molar-refractivity contribution in [1.82, 2.24) is 0 Å². The van der Waals surface area contributed by atoms with Crippen LogP contribution in [0.15, 0.2) is 65.8 Å². The fourth-order valence-corrected chi connectivity index (χ4v) is 1.85. The smallest absolute Gasteiger partial charge is 0.282 e. The first-order valence-electron chi connectivity index (χ1n) is 5.98. The molecule has 1 heterocycles. The molecule has 2 aromatic carbocycles. The SMILES string of the molecule is O=C(C1=NN(c2ccccc2)CO1)c1ccccc1. The first-order chi connectivity index (χ1) is 9.34. The highest BCUT2D eigenvalue weighted by Crippen LogP contribution is 2.18. The molecule has 1 aliphatic rings. The van der Waals surface area contributed by atoms with Gasteiger partial charge in [0.05, 0.1) is 5.69 Å². The maximum absolute atomic E-state index is 12.1. The minimum Gasteiger partial charge on any atom is -0.451 e. The van der Waals surface area contributed by atoms with Crippen LogP contribution in [0.1, 0.15) is 10.4 Å². The predicted octanol–water partition coefficient (Wildman–Crippen LogP) is 2.68. The summed E-state index contributed by atoms with van der Waals surface area (Å²) in [7, 11) is 0. The Labute approximate surface area is 110 Å². The van der Waals surface area contributed by atoms with E-state index < -0.39 is 0 Å². The number of Topliss-reactive ketones (excluding diaryl/α,β-unsaturated/α-hetero) is 1. The van der Waals surface area contributed by atoms with Gasteiger partial charge in [0, 0.05) is 5.56 Å². The molecule has 0 bridgehead atoms. The van der Waals surface area contributed by atoms with E-state index in [0.717, 1.165) is 5.69 Å². The Hall–Kier alpha value is -2.62. The minimum atomic E-state index is -0.195. The summed E-state index contributed by atoms with van der Waals surface area (Å²) in [5.41, 5.74) is 1.48. The summed E-state index contributed by atoms with van der Waals surface area (Å²) in [6, 6.07) is 18.6. The van der Waals surface area contributed by atoms with E-state index in [9.17, 15) is 4.79 Å². The number of para-hydroxylation sites is 1. The van der Waals surface area contributed by atoms with Crippen molar-refractivity contribution in [2.24, 2.45) is 5.10 Å². The molecular weight excluding hydrogens is 240 g/mol. The monoisotopic (exact) mass is 252 g/mol. The molecule has 19 heavy (non-hydrogen) atoms. The number of carbonyl (C=O) groups is 1. The second-order valence-corrected chi connectivity index (χ2v) is 4.11. The van der Waals surface area contributed by atoms with Gasteiger partial charge in [0.15, 0.2) is 6.73 Å². The van der Waals surface area contributed by atoms with Gasteiger partial charge >= 0.3 is 0 Å². The summed E-state index contributed by atoms with van der Waals surface area (Å²) in [4.78, 5) is 12.1. The van der Waals surface area contributed by atoms with Gasteiger partial charge in [-0.05, 0) is 12.1 Å². The molecule has 0 saturated carbocycles. The number of hydrogen-bond acceptors (Lipinski definition) is 4. The highest BCUT2D eigenvalue weighted by molar-refractivity contribution is 6.43. The molecule has 2 aromatic rings. The van der Waals surface area contributed by atoms with E-state index in [1.165, 1.54) is 0 Å². The fourth-order valence-electron chi connectivity index (χ4n) is 1.85. The number of rotatable bonds is 3. The second-order valence-electron chi connectivity index (χ2n) is 4.11. The van der Waals surface area contributed by atoms with E-state index in [2.05, 4.69) is 5.10 Å². The van der Waals surface area contributed by atoms with Crippen molar-refractivity contribution in [3.8, 4) is 0 Å². The highest BCUT2D eigenvalue weighted by Gasteiger charge is 2.24. The van der Waals surface area contributed by atoms with E-state index in [4.69, 9.17) is 4.74 Å². The van der Waals surface area contributed by atoms with Crippen LogP contribution in [0.3, 0.4) is 0 Å². The molecule has 94 valence electrons. The lowest BCUT2D eigenvalue weighted by Crippen LogP contribution is -2.14. The van der Waals surface area contributed by atoms with Crippen LogP contribution in [0.5, 0.6) is 0 Å². The predicted molar refractivity (Wildman–Crippen MR) is 73.1 cm³/mol. The van der Waals surface area contributed by atoms with Crippen LogP contribution in [0.25, 0.3) is 0 Å². The van der Waals surface area contributed by atoms with Gasteiger partial charge in [0.2, 0.25) is 5.78 Å². The third-order valence-corrected chi connectivity index (χ3v) is 2.82. The normalized spacial score (nSPS) is 13.9. The van der Waals surface area contributed by atoms with Crippen molar-refractivity contribution >= 4 is 17.4 Å². The number of benzene rings is 2. The lowest BCUT2D eigenvalue weighted by Gasteiger charge is -2.09. The minimum absolute atomic E-state index is 0.134. The Morgan fingerprint density at radius 3 is 2.32 bits per heavy atom. The van der Waals surface area contributed by atoms with E-state index >= 15 is 0 Å². The molecule has 0 aromatic heterocycles. The van der Waals surface area contributed by atoms with Crippen LogP contribution in [-0.2, 0) is 4.74 Å². The zero-order valence-electron chi connectivity index (χ0n) is 10.2. The number of ketones is 1. The summed E-state index contributed by atoms with van der Waals surface area (Å²) in [5.74, 6) is -0.0610. The van der Waals surface area contributed by atoms with Gasteiger partial charge in [-0.1, -0.05) is 48.5 Å². The van der Waals surface area contributed by atoms with Crippen molar-refractivity contribution in [2.45, 2.75) is 0 Å². The number of hydrogen-bond donors (Lipinski definition) is 0. The van der Waals surface area contributed by atoms with Crippen molar-refractivity contribution < 1.29 is 9.53 Å². The standard InChI is InChI=1S/C15H12N2O2/c18-14(12-7-3-1-4-8-12)15-16-17(11-19-15)13-9-5-2-6-10-13/h1-10H,11H2. The molecule has 0 saturated heterocycles. The average Bonchev–Trinajstić information content (AvgIpc) is 2.98. The molecule has 0 fully saturated rings. The van der Waals surface area contributed by atoms with Gasteiger partial charge in [0.25, 0.3) is 5.90 Å². The van der Waals surface area contributed by atoms with Gasteiger partial charge in [-0.3, -0.25) is 4.79 Å². The van der Waals surface area contributed by atoms with Gasteiger partial charge in [-0.15, -0.1) is 5.10 Å². The molecule has 0 amide bonds. The topological polar surface area (TPSA) is 41.9 Å². The Bertz CT molecular complexity index is 609. The Morgan fingerprint density at radius 2 is 1.63 bits per heavy atom. The quantitative estimate of drug-likeness (QED) is 0.789. The fraction of sp³-hybridized carbons (Fsp3) is 0.0667. The second kappa shape index (κ2) is 4.94. The Morgan fingerprint density at radius 1 is 1.00 bits per heavy atom. The molecular formula is C15H12N2O2. The van der Waals surface area contributed by atoms with Crippen molar-refractivity contribution in [1.29, 1.82) is 0 Å². The van der Waals surface area contributed by atoms with Gasteiger partial charge in [0.1, 0.15) is 0 Å². The number of ether oxygens (including phenoxy) is 1. The lowest BCUT2D eigenvalue weighted by atomic mass is 10.1. The lowest BCUT2D eigenvalue weighted by molar-refractivity contribution is 0.103. The largest absolute Gasteiger partial charge is 0.451 e. The van der Waals surface area contributed by atoms with Crippen LogP contribution in [0, 0.1) is 0 Å². The molecule has 4 nitrogen and oxygen atoms in total. The van der Waals surface area contributed by atoms with E-state index in [1.54, 1.807) is 17.1 Å². The van der Waals surface area contributed by atoms with Crippen LogP contribution in [0.2, 0.25) is 0 Å². The third-order valence-electron chi connectivity index (χ3n) is 2.82. The number of nitrogens with zero attached hydrogens (tertiary/aromatic N) is 2. The van der Waals surface area contributed by atoms with Crippen LogP contribution in [0.4, 0.5) is 5.69 Å². The third kappa shape index (κ3) is 2.33. The van der Waals surface area contributed by atoms with Crippen molar-refractivity contribution in [3.63, 3.8) is 0 Å². The van der Waals surface area contributed by atoms with Crippen molar-refractivity contribution in [2.75, 3.05) is 11.7 Å². The summed E-state index contributed by atoms with van der Waals surface area (Å²) in [6.07, 6.45) is 0. The molecule has 0 aliphatic carbocycles. The van der Waals surface area contributed by atoms with E-state index in [-0.39, 0.29) is 18.4 Å². The first kappa shape index (κ1) is 11.5. The molecule has 0 spiro atoms. The van der Waals surface area contributed by atoms with E-state index in [1.807, 2.05) is 48.5 Å². The Balaban J connectivity index is 1.82. The molecule has 1 aliphatic heterocycles. The Kier molecular flexibility index (Phi) is 2.98. The first-order valence-corrected chi connectivity index (χ1v) is 5.98. The summed E-state index contributed by atoms with van der Waals surface area (Å²) < 4.78 is 5.36. The zero-order chi connectivity index (χ0) is 13.1. The molecule has 0 radical (unpaired) electrons. The number of hydrazone groups is 1. The maximum Gasteiger partial charge on any atom is 0.282 e.